The van der Waals surface area contributed by atoms with Crippen LogP contribution in [0.3, 0.4) is 0 Å². The molecule has 0 unspecified atom stereocenters. The van der Waals surface area contributed by atoms with E-state index in [1.807, 2.05) is 36.4 Å². The first-order valence-electron chi connectivity index (χ1n) is 9.70. The Labute approximate surface area is 172 Å². The maximum atomic E-state index is 11.7. The maximum absolute atomic E-state index is 11.7. The van der Waals surface area contributed by atoms with Crippen LogP contribution in [0.2, 0.25) is 0 Å². The van der Waals surface area contributed by atoms with Crippen LogP contribution in [0.1, 0.15) is 30.9 Å². The lowest BCUT2D eigenvalue weighted by Gasteiger charge is -2.08. The van der Waals surface area contributed by atoms with E-state index in [9.17, 15) is 9.59 Å². The Morgan fingerprint density at radius 1 is 0.897 bits per heavy atom. The molecule has 0 aliphatic carbocycles. The zero-order valence-corrected chi connectivity index (χ0v) is 16.9. The molecule has 2 aromatic rings. The Morgan fingerprint density at radius 2 is 1.45 bits per heavy atom. The number of carbonyl (C=O) groups excluding carboxylic acids is 2. The minimum absolute atomic E-state index is 0.0100. The van der Waals surface area contributed by atoms with Gasteiger partial charge in [-0.2, -0.15) is 0 Å². The summed E-state index contributed by atoms with van der Waals surface area (Å²) in [5.74, 6) is -0.430. The number of benzene rings is 2. The fraction of sp³-hybridized carbons (Fsp3) is 0.318. The van der Waals surface area contributed by atoms with Crippen molar-refractivity contribution in [3.05, 3.63) is 71.8 Å². The zero-order chi connectivity index (χ0) is 21.3. The lowest BCUT2D eigenvalue weighted by atomic mass is 10.1. The van der Waals surface area contributed by atoms with E-state index < -0.39 is 0 Å². The van der Waals surface area contributed by atoms with Gasteiger partial charge >= 0.3 is 0 Å². The predicted octanol–water partition coefficient (Wildman–Crippen LogP) is 1.78. The van der Waals surface area contributed by atoms with Gasteiger partial charge in [0.05, 0.1) is 13.1 Å². The van der Waals surface area contributed by atoms with Crippen LogP contribution in [0.15, 0.2) is 60.7 Å². The molecular formula is C22H31N5O2. The van der Waals surface area contributed by atoms with Gasteiger partial charge in [-0.3, -0.25) is 15.0 Å². The fourth-order valence-corrected chi connectivity index (χ4v) is 2.20. The SMILES string of the molecule is CCCCNCC(=O)NCC(=O)NCc1ccc(C(=N)N)cc1.c1ccccc1. The predicted molar refractivity (Wildman–Crippen MR) is 117 cm³/mol. The molecule has 0 fully saturated rings. The molecule has 0 aliphatic rings. The number of rotatable bonds is 10. The van der Waals surface area contributed by atoms with Crippen LogP contribution in [0.4, 0.5) is 0 Å². The molecule has 0 saturated heterocycles. The highest BCUT2D eigenvalue weighted by molar-refractivity contribution is 5.94. The molecular weight excluding hydrogens is 366 g/mol. The number of hydrogen-bond donors (Lipinski definition) is 5. The van der Waals surface area contributed by atoms with E-state index in [1.165, 1.54) is 0 Å². The van der Waals surface area contributed by atoms with Crippen LogP contribution in [-0.2, 0) is 16.1 Å². The third kappa shape index (κ3) is 12.0. The molecule has 7 heteroatoms. The van der Waals surface area contributed by atoms with Crippen molar-refractivity contribution < 1.29 is 9.59 Å². The number of nitrogens with two attached hydrogens (primary N) is 1. The van der Waals surface area contributed by atoms with Gasteiger partial charge in [-0.25, -0.2) is 0 Å². The zero-order valence-electron chi connectivity index (χ0n) is 16.9. The van der Waals surface area contributed by atoms with Crippen molar-refractivity contribution in [2.75, 3.05) is 19.6 Å². The standard InChI is InChI=1S/C16H25N5O2.C6H6/c1-2-3-8-19-10-14(22)21-11-15(23)20-9-12-4-6-13(7-5-12)16(17)18;1-2-4-6-5-3-1/h4-7,19H,2-3,8-11H2,1H3,(H3,17,18)(H,20,23)(H,21,22);1-6H. The van der Waals surface area contributed by atoms with Gasteiger partial charge in [0.25, 0.3) is 0 Å². The molecule has 0 heterocycles. The molecule has 0 aromatic heterocycles. The number of nitrogen functional groups attached to an aromatic ring is 1. The number of amidine groups is 1. The monoisotopic (exact) mass is 397 g/mol. The van der Waals surface area contributed by atoms with Crippen molar-refractivity contribution in [1.82, 2.24) is 16.0 Å². The molecule has 2 aromatic carbocycles. The van der Waals surface area contributed by atoms with Crippen molar-refractivity contribution in [2.24, 2.45) is 5.73 Å². The number of nitrogens with one attached hydrogen (secondary N) is 4. The molecule has 6 N–H and O–H groups in total. The van der Waals surface area contributed by atoms with E-state index in [0.717, 1.165) is 24.9 Å². The van der Waals surface area contributed by atoms with Gasteiger partial charge in [0.2, 0.25) is 11.8 Å². The summed E-state index contributed by atoms with van der Waals surface area (Å²) in [6.45, 7) is 3.42. The van der Waals surface area contributed by atoms with Crippen LogP contribution in [-0.4, -0.2) is 37.3 Å². The highest BCUT2D eigenvalue weighted by Gasteiger charge is 2.05. The molecule has 0 bridgehead atoms. The Balaban J connectivity index is 0.000000594. The highest BCUT2D eigenvalue weighted by atomic mass is 16.2. The molecule has 29 heavy (non-hydrogen) atoms. The van der Waals surface area contributed by atoms with Gasteiger partial charge in [0, 0.05) is 12.1 Å². The lowest BCUT2D eigenvalue weighted by Crippen LogP contribution is -2.40. The van der Waals surface area contributed by atoms with Gasteiger partial charge in [0.15, 0.2) is 0 Å². The summed E-state index contributed by atoms with van der Waals surface area (Å²) in [5, 5.41) is 15.6. The summed E-state index contributed by atoms with van der Waals surface area (Å²) >= 11 is 0. The van der Waals surface area contributed by atoms with Crippen LogP contribution in [0.5, 0.6) is 0 Å². The van der Waals surface area contributed by atoms with Crippen molar-refractivity contribution >= 4 is 17.6 Å². The minimum atomic E-state index is -0.248. The summed E-state index contributed by atoms with van der Waals surface area (Å²) in [4.78, 5) is 23.2. The first-order chi connectivity index (χ1) is 14.0. The third-order valence-corrected chi connectivity index (χ3v) is 3.86. The Morgan fingerprint density at radius 3 is 1.97 bits per heavy atom. The maximum Gasteiger partial charge on any atom is 0.239 e. The molecule has 0 radical (unpaired) electrons. The number of hydrogen-bond acceptors (Lipinski definition) is 4. The summed E-state index contributed by atoms with van der Waals surface area (Å²) in [5.41, 5.74) is 6.91. The van der Waals surface area contributed by atoms with E-state index in [-0.39, 0.29) is 30.7 Å². The van der Waals surface area contributed by atoms with Crippen LogP contribution in [0.25, 0.3) is 0 Å². The molecule has 2 amide bonds. The quantitative estimate of drug-likeness (QED) is 0.238. The van der Waals surface area contributed by atoms with Gasteiger partial charge in [-0.1, -0.05) is 74.0 Å². The van der Waals surface area contributed by atoms with Crippen molar-refractivity contribution in [2.45, 2.75) is 26.3 Å². The number of amides is 2. The van der Waals surface area contributed by atoms with Crippen molar-refractivity contribution in [3.8, 4) is 0 Å². The number of unbranched alkanes of at least 4 members (excludes halogenated alkanes) is 1. The third-order valence-electron chi connectivity index (χ3n) is 3.86. The summed E-state index contributed by atoms with van der Waals surface area (Å²) in [6.07, 6.45) is 2.10. The summed E-state index contributed by atoms with van der Waals surface area (Å²) in [7, 11) is 0. The Bertz CT molecular complexity index is 706. The average Bonchev–Trinajstić information content (AvgIpc) is 2.75. The fourth-order valence-electron chi connectivity index (χ4n) is 2.20. The summed E-state index contributed by atoms with van der Waals surface area (Å²) < 4.78 is 0. The molecule has 2 rings (SSSR count). The molecule has 0 saturated carbocycles. The van der Waals surface area contributed by atoms with E-state index in [1.54, 1.807) is 24.3 Å². The van der Waals surface area contributed by atoms with Crippen molar-refractivity contribution in [3.63, 3.8) is 0 Å². The first kappa shape index (κ1) is 23.8. The summed E-state index contributed by atoms with van der Waals surface area (Å²) in [6, 6.07) is 19.1. The second-order valence-electron chi connectivity index (χ2n) is 6.35. The van der Waals surface area contributed by atoms with Gasteiger partial charge in [-0.15, -0.1) is 0 Å². The molecule has 0 atom stereocenters. The smallest absolute Gasteiger partial charge is 0.239 e. The molecule has 0 spiro atoms. The minimum Gasteiger partial charge on any atom is -0.384 e. The van der Waals surface area contributed by atoms with E-state index in [0.29, 0.717) is 12.1 Å². The van der Waals surface area contributed by atoms with Crippen LogP contribution < -0.4 is 21.7 Å². The van der Waals surface area contributed by atoms with Gasteiger partial charge in [-0.05, 0) is 18.5 Å². The van der Waals surface area contributed by atoms with Crippen molar-refractivity contribution in [1.29, 1.82) is 5.41 Å². The molecule has 156 valence electrons. The highest BCUT2D eigenvalue weighted by Crippen LogP contribution is 2.03. The molecule has 0 aliphatic heterocycles. The van der Waals surface area contributed by atoms with Gasteiger partial charge in [0.1, 0.15) is 5.84 Å². The van der Waals surface area contributed by atoms with Crippen LogP contribution in [0, 0.1) is 5.41 Å². The van der Waals surface area contributed by atoms with Gasteiger partial charge < -0.3 is 21.7 Å². The Hall–Kier alpha value is -3.19. The topological polar surface area (TPSA) is 120 Å². The van der Waals surface area contributed by atoms with E-state index >= 15 is 0 Å². The first-order valence-corrected chi connectivity index (χ1v) is 9.70. The second kappa shape index (κ2) is 14.8. The van der Waals surface area contributed by atoms with E-state index in [2.05, 4.69) is 22.9 Å². The normalized spacial score (nSPS) is 9.69. The van der Waals surface area contributed by atoms with Crippen LogP contribution >= 0.6 is 0 Å². The molecule has 7 nitrogen and oxygen atoms in total. The van der Waals surface area contributed by atoms with E-state index in [4.69, 9.17) is 11.1 Å². The average molecular weight is 398 g/mol. The number of carbonyl (C=O) groups is 2. The Kier molecular flexibility index (Phi) is 12.2. The largest absolute Gasteiger partial charge is 0.384 e. The second-order valence-corrected chi connectivity index (χ2v) is 6.35. The lowest BCUT2D eigenvalue weighted by molar-refractivity contribution is -0.125.